The highest BCUT2D eigenvalue weighted by Gasteiger charge is 2.42. The molecule has 7 nitrogen and oxygen atoms in total. The van der Waals surface area contributed by atoms with Crippen LogP contribution in [0.4, 0.5) is 0 Å². The average molecular weight is 362 g/mol. The van der Waals surface area contributed by atoms with Gasteiger partial charge in [-0.05, 0) is 31.9 Å². The van der Waals surface area contributed by atoms with Gasteiger partial charge < -0.3 is 29.5 Å². The fourth-order valence-electron chi connectivity index (χ4n) is 3.91. The number of hydrogen-bond donors (Lipinski definition) is 2. The highest BCUT2D eigenvalue weighted by Crippen LogP contribution is 2.33. The van der Waals surface area contributed by atoms with Crippen molar-refractivity contribution in [2.24, 2.45) is 0 Å². The summed E-state index contributed by atoms with van der Waals surface area (Å²) in [5.74, 6) is 1.37. The summed E-state index contributed by atoms with van der Waals surface area (Å²) in [5.41, 5.74) is -0.266. The Morgan fingerprint density at radius 3 is 2.77 bits per heavy atom. The number of nitrogens with zero attached hydrogens (tertiary/aromatic N) is 1. The van der Waals surface area contributed by atoms with Crippen molar-refractivity contribution in [1.82, 2.24) is 10.2 Å². The maximum absolute atomic E-state index is 11.6. The molecule has 3 atom stereocenters. The molecule has 1 spiro atoms. The molecule has 3 unspecified atom stereocenters. The molecule has 0 radical (unpaired) electrons. The van der Waals surface area contributed by atoms with Crippen molar-refractivity contribution in [2.75, 3.05) is 32.8 Å². The standard InChI is InChI=1S/C19H26N2O5/c1-13-18(23)20-12-19(26-13)6-8-21(9-7-19)10-14(22)17-11-24-15-4-2-3-5-16(15)25-17/h2-5,13-14,17,22H,6-12H2,1H3,(H,20,23). The normalized spacial score (nSPS) is 29.2. The fourth-order valence-corrected chi connectivity index (χ4v) is 3.91. The number of rotatable bonds is 3. The molecule has 4 rings (SSSR count). The van der Waals surface area contributed by atoms with E-state index in [2.05, 4.69) is 10.2 Å². The van der Waals surface area contributed by atoms with E-state index >= 15 is 0 Å². The number of morpholine rings is 1. The predicted octanol–water partition coefficient (Wildman–Crippen LogP) is 0.557. The van der Waals surface area contributed by atoms with Gasteiger partial charge in [-0.3, -0.25) is 4.79 Å². The first-order chi connectivity index (χ1) is 12.5. The molecule has 1 aromatic rings. The summed E-state index contributed by atoms with van der Waals surface area (Å²) in [7, 11) is 0. The first-order valence-corrected chi connectivity index (χ1v) is 9.29. The molecule has 2 fully saturated rings. The Morgan fingerprint density at radius 1 is 1.31 bits per heavy atom. The Kier molecular flexibility index (Phi) is 4.77. The van der Waals surface area contributed by atoms with Crippen molar-refractivity contribution in [3.05, 3.63) is 24.3 Å². The van der Waals surface area contributed by atoms with Crippen molar-refractivity contribution < 1.29 is 24.1 Å². The van der Waals surface area contributed by atoms with E-state index in [1.54, 1.807) is 6.92 Å². The van der Waals surface area contributed by atoms with Crippen molar-refractivity contribution >= 4 is 5.91 Å². The van der Waals surface area contributed by atoms with Crippen LogP contribution in [0.3, 0.4) is 0 Å². The van der Waals surface area contributed by atoms with Gasteiger partial charge in [0.1, 0.15) is 18.8 Å². The van der Waals surface area contributed by atoms with Crippen LogP contribution in [0.1, 0.15) is 19.8 Å². The lowest BCUT2D eigenvalue weighted by Gasteiger charge is -2.46. The van der Waals surface area contributed by atoms with E-state index in [9.17, 15) is 9.90 Å². The number of aliphatic hydroxyl groups is 1. The summed E-state index contributed by atoms with van der Waals surface area (Å²) in [6.45, 7) is 4.90. The van der Waals surface area contributed by atoms with Gasteiger partial charge in [-0.25, -0.2) is 0 Å². The van der Waals surface area contributed by atoms with Crippen LogP contribution >= 0.6 is 0 Å². The number of piperidine rings is 1. The molecule has 0 aliphatic carbocycles. The Bertz CT molecular complexity index is 659. The van der Waals surface area contributed by atoms with E-state index < -0.39 is 12.2 Å². The van der Waals surface area contributed by atoms with Crippen LogP contribution in [0.2, 0.25) is 0 Å². The number of aliphatic hydroxyl groups excluding tert-OH is 1. The second-order valence-electron chi connectivity index (χ2n) is 7.44. The van der Waals surface area contributed by atoms with Gasteiger partial charge in [0, 0.05) is 26.2 Å². The molecule has 3 aliphatic rings. The van der Waals surface area contributed by atoms with Gasteiger partial charge in [-0.15, -0.1) is 0 Å². The third-order valence-corrected chi connectivity index (χ3v) is 5.55. The highest BCUT2D eigenvalue weighted by molar-refractivity contribution is 5.81. The molecule has 0 saturated carbocycles. The second-order valence-corrected chi connectivity index (χ2v) is 7.44. The zero-order valence-electron chi connectivity index (χ0n) is 15.0. The zero-order chi connectivity index (χ0) is 18.1. The lowest BCUT2D eigenvalue weighted by molar-refractivity contribution is -0.168. The topological polar surface area (TPSA) is 80.3 Å². The summed E-state index contributed by atoms with van der Waals surface area (Å²) in [4.78, 5) is 13.8. The van der Waals surface area contributed by atoms with E-state index in [0.717, 1.165) is 31.7 Å². The Labute approximate surface area is 153 Å². The van der Waals surface area contributed by atoms with Crippen LogP contribution in [-0.4, -0.2) is 72.6 Å². The third-order valence-electron chi connectivity index (χ3n) is 5.55. The second kappa shape index (κ2) is 7.06. The van der Waals surface area contributed by atoms with Crippen LogP contribution in [0.25, 0.3) is 0 Å². The molecule has 26 heavy (non-hydrogen) atoms. The molecule has 0 aromatic heterocycles. The number of para-hydroxylation sites is 2. The minimum Gasteiger partial charge on any atom is -0.486 e. The molecule has 1 amide bonds. The quantitative estimate of drug-likeness (QED) is 0.818. The number of benzene rings is 1. The summed E-state index contributed by atoms with van der Waals surface area (Å²) >= 11 is 0. The Balaban J connectivity index is 1.29. The highest BCUT2D eigenvalue weighted by atomic mass is 16.6. The smallest absolute Gasteiger partial charge is 0.248 e. The monoisotopic (exact) mass is 362 g/mol. The van der Waals surface area contributed by atoms with E-state index in [1.165, 1.54) is 0 Å². The maximum Gasteiger partial charge on any atom is 0.248 e. The lowest BCUT2D eigenvalue weighted by atomic mass is 9.89. The number of hydrogen-bond acceptors (Lipinski definition) is 6. The summed E-state index contributed by atoms with van der Waals surface area (Å²) in [5, 5.41) is 13.5. The third kappa shape index (κ3) is 3.51. The minimum absolute atomic E-state index is 0.0387. The molecule has 7 heteroatoms. The number of amides is 1. The van der Waals surface area contributed by atoms with E-state index in [0.29, 0.717) is 25.4 Å². The molecule has 3 aliphatic heterocycles. The fraction of sp³-hybridized carbons (Fsp3) is 0.632. The molecule has 1 aromatic carbocycles. The van der Waals surface area contributed by atoms with E-state index in [-0.39, 0.29) is 17.6 Å². The van der Waals surface area contributed by atoms with Crippen molar-refractivity contribution in [2.45, 2.75) is 43.7 Å². The number of β-amino-alcohol motifs (C(OH)–C–C–N with tert-alkyl or cyclic N) is 1. The van der Waals surface area contributed by atoms with Crippen LogP contribution < -0.4 is 14.8 Å². The zero-order valence-corrected chi connectivity index (χ0v) is 15.0. The van der Waals surface area contributed by atoms with Gasteiger partial charge in [0.15, 0.2) is 17.6 Å². The van der Waals surface area contributed by atoms with Gasteiger partial charge in [-0.2, -0.15) is 0 Å². The predicted molar refractivity (Wildman–Crippen MR) is 94.3 cm³/mol. The largest absolute Gasteiger partial charge is 0.486 e. The van der Waals surface area contributed by atoms with Crippen LogP contribution in [0.15, 0.2) is 24.3 Å². The summed E-state index contributed by atoms with van der Waals surface area (Å²) in [6, 6.07) is 7.52. The van der Waals surface area contributed by atoms with Gasteiger partial charge in [0.05, 0.1) is 5.60 Å². The molecule has 2 N–H and O–H groups in total. The minimum atomic E-state index is -0.622. The lowest BCUT2D eigenvalue weighted by Crippen LogP contribution is -2.60. The first kappa shape index (κ1) is 17.6. The van der Waals surface area contributed by atoms with Gasteiger partial charge >= 0.3 is 0 Å². The van der Waals surface area contributed by atoms with E-state index in [1.807, 2.05) is 24.3 Å². The molecular formula is C19H26N2O5. The Morgan fingerprint density at radius 2 is 2.04 bits per heavy atom. The first-order valence-electron chi connectivity index (χ1n) is 9.29. The summed E-state index contributed by atoms with van der Waals surface area (Å²) < 4.78 is 17.6. The number of fused-ring (bicyclic) bond motifs is 1. The van der Waals surface area contributed by atoms with E-state index in [4.69, 9.17) is 14.2 Å². The van der Waals surface area contributed by atoms with Crippen LogP contribution in [-0.2, 0) is 9.53 Å². The van der Waals surface area contributed by atoms with Gasteiger partial charge in [0.2, 0.25) is 5.91 Å². The number of ether oxygens (including phenoxy) is 3. The molecule has 0 bridgehead atoms. The maximum atomic E-state index is 11.6. The SMILES string of the molecule is CC1OC2(CCN(CC(O)C3COc4ccccc4O3)CC2)CNC1=O. The Hall–Kier alpha value is -1.83. The van der Waals surface area contributed by atoms with Crippen LogP contribution in [0, 0.1) is 0 Å². The van der Waals surface area contributed by atoms with Crippen molar-refractivity contribution in [3.63, 3.8) is 0 Å². The summed E-state index contributed by atoms with van der Waals surface area (Å²) in [6.07, 6.45) is 0.299. The number of carbonyl (C=O) groups excluding carboxylic acids is 1. The molecule has 2 saturated heterocycles. The van der Waals surface area contributed by atoms with Gasteiger partial charge in [-0.1, -0.05) is 12.1 Å². The van der Waals surface area contributed by atoms with Crippen molar-refractivity contribution in [1.29, 1.82) is 0 Å². The number of nitrogens with one attached hydrogen (secondary N) is 1. The molecule has 142 valence electrons. The van der Waals surface area contributed by atoms with Crippen LogP contribution in [0.5, 0.6) is 11.5 Å². The number of carbonyl (C=O) groups is 1. The molecule has 3 heterocycles. The number of likely N-dealkylation sites (tertiary alicyclic amines) is 1. The van der Waals surface area contributed by atoms with Crippen molar-refractivity contribution in [3.8, 4) is 11.5 Å². The average Bonchev–Trinajstić information content (AvgIpc) is 2.66. The van der Waals surface area contributed by atoms with Gasteiger partial charge in [0.25, 0.3) is 0 Å². The molecular weight excluding hydrogens is 336 g/mol.